The van der Waals surface area contributed by atoms with Crippen LogP contribution in [-0.2, 0) is 4.79 Å². The van der Waals surface area contributed by atoms with Gasteiger partial charge in [-0.25, -0.2) is 14.6 Å². The number of carbonyl (C=O) groups excluding carboxylic acids is 2. The molecule has 0 unspecified atom stereocenters. The highest BCUT2D eigenvalue weighted by Gasteiger charge is 2.45. The number of allylic oxidation sites excluding steroid dienone is 6. The number of hydrogen-bond acceptors (Lipinski definition) is 5. The fourth-order valence-corrected chi connectivity index (χ4v) is 5.35. The Labute approximate surface area is 211 Å². The van der Waals surface area contributed by atoms with Crippen molar-refractivity contribution in [2.45, 2.75) is 51.5 Å². The van der Waals surface area contributed by atoms with Gasteiger partial charge in [-0.05, 0) is 63.2 Å². The van der Waals surface area contributed by atoms with Crippen LogP contribution in [0.4, 0.5) is 0 Å². The van der Waals surface area contributed by atoms with Gasteiger partial charge in [0.25, 0.3) is 5.91 Å². The second kappa shape index (κ2) is 10.4. The Balaban J connectivity index is 1.30. The summed E-state index contributed by atoms with van der Waals surface area (Å²) in [5.41, 5.74) is 2.38. The normalized spacial score (nSPS) is 19.9. The molecule has 1 N–H and O–H groups in total. The lowest BCUT2D eigenvalue weighted by molar-refractivity contribution is -0.131. The monoisotopic (exact) mass is 484 g/mol. The third kappa shape index (κ3) is 4.80. The second-order valence-corrected chi connectivity index (χ2v) is 9.68. The van der Waals surface area contributed by atoms with Crippen molar-refractivity contribution in [1.82, 2.24) is 30.0 Å². The number of nitrogens with zero attached hydrogens (tertiary/aromatic N) is 5. The highest BCUT2D eigenvalue weighted by atomic mass is 16.2. The molecule has 0 spiro atoms. The minimum Gasteiger partial charge on any atom is -0.349 e. The molecule has 1 aliphatic heterocycles. The van der Waals surface area contributed by atoms with E-state index in [1.165, 1.54) is 17.5 Å². The van der Waals surface area contributed by atoms with Crippen LogP contribution in [0.25, 0.3) is 5.82 Å². The van der Waals surface area contributed by atoms with E-state index in [1.54, 1.807) is 29.3 Å². The molecular formula is C28H32N6O2. The maximum atomic E-state index is 13.8. The van der Waals surface area contributed by atoms with E-state index in [4.69, 9.17) is 0 Å². The van der Waals surface area contributed by atoms with Gasteiger partial charge in [-0.2, -0.15) is 5.10 Å². The summed E-state index contributed by atoms with van der Waals surface area (Å²) in [6.07, 6.45) is 22.3. The summed E-state index contributed by atoms with van der Waals surface area (Å²) in [7, 11) is 0. The molecule has 1 fully saturated rings. The third-order valence-electron chi connectivity index (χ3n) is 7.57. The third-order valence-corrected chi connectivity index (χ3v) is 7.57. The van der Waals surface area contributed by atoms with Gasteiger partial charge >= 0.3 is 0 Å². The van der Waals surface area contributed by atoms with Crippen LogP contribution in [0.1, 0.15) is 55.8 Å². The molecule has 8 heteroatoms. The number of aromatic nitrogens is 4. The van der Waals surface area contributed by atoms with E-state index < -0.39 is 5.41 Å². The van der Waals surface area contributed by atoms with Crippen molar-refractivity contribution >= 4 is 11.8 Å². The highest BCUT2D eigenvalue weighted by Crippen LogP contribution is 2.43. The molecule has 0 aromatic carbocycles. The Kier molecular flexibility index (Phi) is 6.93. The molecule has 3 aliphatic rings. The van der Waals surface area contributed by atoms with Crippen molar-refractivity contribution in [3.63, 3.8) is 0 Å². The van der Waals surface area contributed by atoms with Crippen molar-refractivity contribution < 1.29 is 9.59 Å². The van der Waals surface area contributed by atoms with Gasteiger partial charge in [0.2, 0.25) is 5.91 Å². The fourth-order valence-electron chi connectivity index (χ4n) is 5.35. The number of piperidine rings is 1. The molecule has 2 aliphatic carbocycles. The molecule has 0 saturated carbocycles. The predicted octanol–water partition coefficient (Wildman–Crippen LogP) is 3.94. The number of nitrogens with one attached hydrogen (secondary N) is 1. The lowest BCUT2D eigenvalue weighted by Gasteiger charge is -2.43. The first-order chi connectivity index (χ1) is 17.6. The Hall–Kier alpha value is -3.81. The largest absolute Gasteiger partial charge is 0.349 e. The van der Waals surface area contributed by atoms with Crippen LogP contribution >= 0.6 is 0 Å². The van der Waals surface area contributed by atoms with Crippen LogP contribution in [0.5, 0.6) is 0 Å². The molecule has 2 aromatic heterocycles. The minimum absolute atomic E-state index is 0.00621. The van der Waals surface area contributed by atoms with Crippen molar-refractivity contribution in [3.8, 4) is 5.82 Å². The van der Waals surface area contributed by atoms with Gasteiger partial charge in [0.15, 0.2) is 5.82 Å². The van der Waals surface area contributed by atoms with Crippen molar-refractivity contribution in [3.05, 3.63) is 84.1 Å². The van der Waals surface area contributed by atoms with E-state index in [9.17, 15) is 9.59 Å². The first-order valence-corrected chi connectivity index (χ1v) is 12.7. The zero-order valence-corrected chi connectivity index (χ0v) is 20.6. The maximum Gasteiger partial charge on any atom is 0.255 e. The second-order valence-electron chi connectivity index (χ2n) is 9.68. The number of likely N-dealkylation sites (tertiary alicyclic amines) is 1. The summed E-state index contributed by atoms with van der Waals surface area (Å²) in [5, 5.41) is 7.39. The van der Waals surface area contributed by atoms with E-state index in [-0.39, 0.29) is 17.9 Å². The van der Waals surface area contributed by atoms with Gasteiger partial charge in [-0.3, -0.25) is 9.59 Å². The Morgan fingerprint density at radius 2 is 1.83 bits per heavy atom. The SMILES string of the molecule is C[C@H](NC(=O)C1(C2=CC=CCC2)CCN(C(=O)c2ccc(-n3cncn3)nc2)CC1)C1=CC=CCC1. The molecule has 5 rings (SSSR count). The van der Waals surface area contributed by atoms with Crippen molar-refractivity contribution in [2.24, 2.45) is 5.41 Å². The zero-order chi connectivity index (χ0) is 25.0. The quantitative estimate of drug-likeness (QED) is 0.670. The van der Waals surface area contributed by atoms with Crippen LogP contribution in [-0.4, -0.2) is 55.6 Å². The molecule has 3 heterocycles. The summed E-state index contributed by atoms with van der Waals surface area (Å²) < 4.78 is 1.55. The van der Waals surface area contributed by atoms with E-state index in [2.05, 4.69) is 63.8 Å². The van der Waals surface area contributed by atoms with Crippen LogP contribution in [0.3, 0.4) is 0 Å². The molecule has 8 nitrogen and oxygen atoms in total. The summed E-state index contributed by atoms with van der Waals surface area (Å²) in [4.78, 5) is 37.2. The van der Waals surface area contributed by atoms with Crippen LogP contribution in [0.2, 0.25) is 0 Å². The summed E-state index contributed by atoms with van der Waals surface area (Å²) in [5.74, 6) is 0.623. The average molecular weight is 485 g/mol. The van der Waals surface area contributed by atoms with Gasteiger partial charge in [-0.1, -0.05) is 42.0 Å². The molecule has 0 bridgehead atoms. The minimum atomic E-state index is -0.587. The summed E-state index contributed by atoms with van der Waals surface area (Å²) >= 11 is 0. The van der Waals surface area contributed by atoms with Gasteiger partial charge < -0.3 is 10.2 Å². The lowest BCUT2D eigenvalue weighted by atomic mass is 9.69. The fraction of sp³-hybridized carbons (Fsp3) is 0.393. The van der Waals surface area contributed by atoms with Crippen molar-refractivity contribution in [1.29, 1.82) is 0 Å². The number of rotatable bonds is 6. The number of amides is 2. The van der Waals surface area contributed by atoms with Gasteiger partial charge in [0.05, 0.1) is 11.0 Å². The first-order valence-electron chi connectivity index (χ1n) is 12.7. The van der Waals surface area contributed by atoms with E-state index >= 15 is 0 Å². The molecule has 36 heavy (non-hydrogen) atoms. The van der Waals surface area contributed by atoms with Crippen LogP contribution in [0, 0.1) is 5.41 Å². The molecular weight excluding hydrogens is 452 g/mol. The summed E-state index contributed by atoms with van der Waals surface area (Å²) in [6.45, 7) is 3.12. The Morgan fingerprint density at radius 3 is 2.44 bits per heavy atom. The van der Waals surface area contributed by atoms with Crippen LogP contribution < -0.4 is 5.32 Å². The maximum absolute atomic E-state index is 13.8. The van der Waals surface area contributed by atoms with Gasteiger partial charge in [-0.15, -0.1) is 0 Å². The first kappa shape index (κ1) is 23.9. The molecule has 2 aromatic rings. The van der Waals surface area contributed by atoms with Crippen LogP contribution in [0.15, 0.2) is 78.6 Å². The number of hydrogen-bond donors (Lipinski definition) is 1. The molecule has 1 saturated heterocycles. The molecule has 2 amide bonds. The van der Waals surface area contributed by atoms with E-state index in [0.29, 0.717) is 37.3 Å². The zero-order valence-electron chi connectivity index (χ0n) is 20.6. The molecule has 0 radical (unpaired) electrons. The topological polar surface area (TPSA) is 93.0 Å². The Bertz CT molecular complexity index is 1220. The van der Waals surface area contributed by atoms with Crippen molar-refractivity contribution in [2.75, 3.05) is 13.1 Å². The lowest BCUT2D eigenvalue weighted by Crippen LogP contribution is -2.53. The van der Waals surface area contributed by atoms with E-state index in [1.807, 2.05) is 4.90 Å². The molecule has 1 atom stereocenters. The molecule has 186 valence electrons. The van der Waals surface area contributed by atoms with Gasteiger partial charge in [0.1, 0.15) is 12.7 Å². The smallest absolute Gasteiger partial charge is 0.255 e. The predicted molar refractivity (Wildman–Crippen MR) is 137 cm³/mol. The Morgan fingerprint density at radius 1 is 1.06 bits per heavy atom. The number of carbonyl (C=O) groups is 2. The number of pyridine rings is 1. The summed E-state index contributed by atoms with van der Waals surface area (Å²) in [6, 6.07) is 3.52. The average Bonchev–Trinajstić information content (AvgIpc) is 3.49. The van der Waals surface area contributed by atoms with Gasteiger partial charge in [0, 0.05) is 25.3 Å². The van der Waals surface area contributed by atoms with E-state index in [0.717, 1.165) is 25.7 Å². The standard InChI is InChI=1S/C28H32N6O2/c1-21(22-8-4-2-5-9-22)32-27(36)28(24-10-6-3-7-11-24)14-16-33(17-15-28)26(35)23-12-13-25(30-18-23)34-20-29-19-31-34/h2-4,6,8,10,12-13,18-21H,5,7,9,11,14-17H2,1H3,(H,32,36)/t21-/m0/s1. The highest BCUT2D eigenvalue weighted by molar-refractivity contribution is 5.94.